The summed E-state index contributed by atoms with van der Waals surface area (Å²) in [6, 6.07) is 19.6. The first-order chi connectivity index (χ1) is 21.6. The van der Waals surface area contributed by atoms with Crippen molar-refractivity contribution in [1.82, 2.24) is 4.90 Å². The number of anilines is 2. The number of aliphatic hydroxyl groups is 3. The second-order valence-electron chi connectivity index (χ2n) is 11.7. The number of hydrogen-bond acceptors (Lipinski definition) is 7. The molecular formula is C35H39N3O7. The number of hydrogen-bond donors (Lipinski definition) is 4. The van der Waals surface area contributed by atoms with Gasteiger partial charge in [-0.3, -0.25) is 14.4 Å². The number of rotatable bonds is 10. The van der Waals surface area contributed by atoms with Crippen LogP contribution >= 0.6 is 0 Å². The Bertz CT molecular complexity index is 1600. The zero-order chi connectivity index (χ0) is 32.3. The fourth-order valence-electron chi connectivity index (χ4n) is 6.00. The minimum absolute atomic E-state index is 0.0555. The lowest BCUT2D eigenvalue weighted by molar-refractivity contribution is -0.139. The first-order valence-electron chi connectivity index (χ1n) is 15.0. The Balaban J connectivity index is 1.33. The Kier molecular flexibility index (Phi) is 9.38. The smallest absolute Gasteiger partial charge is 0.264 e. The molecule has 4 N–H and O–H groups in total. The lowest BCUT2D eigenvalue weighted by Crippen LogP contribution is -2.46. The predicted octanol–water partition coefficient (Wildman–Crippen LogP) is 3.28. The molecule has 2 heterocycles. The van der Waals surface area contributed by atoms with E-state index in [4.69, 9.17) is 4.74 Å². The molecule has 10 nitrogen and oxygen atoms in total. The van der Waals surface area contributed by atoms with Gasteiger partial charge in [0.05, 0.1) is 32.0 Å². The van der Waals surface area contributed by atoms with E-state index in [9.17, 15) is 29.7 Å². The minimum Gasteiger partial charge on any atom is -0.497 e. The van der Waals surface area contributed by atoms with Crippen LogP contribution in [0.25, 0.3) is 0 Å². The first kappa shape index (κ1) is 31.9. The molecule has 0 saturated heterocycles. The summed E-state index contributed by atoms with van der Waals surface area (Å²) in [6.07, 6.45) is 2.86. The van der Waals surface area contributed by atoms with Gasteiger partial charge in [-0.05, 0) is 60.4 Å². The number of nitrogens with zero attached hydrogens (tertiary/aromatic N) is 2. The van der Waals surface area contributed by atoms with E-state index in [1.54, 1.807) is 66.4 Å². The molecule has 0 spiro atoms. The van der Waals surface area contributed by atoms with Gasteiger partial charge in [-0.2, -0.15) is 0 Å². The topological polar surface area (TPSA) is 140 Å². The van der Waals surface area contributed by atoms with E-state index in [-0.39, 0.29) is 31.5 Å². The molecule has 3 amide bonds. The fraction of sp³-hybridized carbons (Fsp3) is 0.343. The highest BCUT2D eigenvalue weighted by molar-refractivity contribution is 6.07. The van der Waals surface area contributed by atoms with Crippen molar-refractivity contribution >= 4 is 29.1 Å². The van der Waals surface area contributed by atoms with Crippen LogP contribution in [0, 0.1) is 5.92 Å². The van der Waals surface area contributed by atoms with Crippen LogP contribution < -0.4 is 15.0 Å². The van der Waals surface area contributed by atoms with Crippen molar-refractivity contribution in [3.8, 4) is 5.75 Å². The minimum atomic E-state index is -1.91. The van der Waals surface area contributed by atoms with Crippen molar-refractivity contribution in [1.29, 1.82) is 0 Å². The number of carbonyl (C=O) groups is 3. The number of methoxy groups -OCH3 is 1. The van der Waals surface area contributed by atoms with Crippen LogP contribution in [0.3, 0.4) is 0 Å². The van der Waals surface area contributed by atoms with Gasteiger partial charge in [-0.1, -0.05) is 55.5 Å². The van der Waals surface area contributed by atoms with Crippen LogP contribution in [0.1, 0.15) is 42.5 Å². The highest BCUT2D eigenvalue weighted by atomic mass is 16.5. The molecule has 0 aromatic heterocycles. The van der Waals surface area contributed by atoms with Gasteiger partial charge in [0.25, 0.3) is 11.8 Å². The molecule has 45 heavy (non-hydrogen) atoms. The third-order valence-corrected chi connectivity index (χ3v) is 8.68. The largest absolute Gasteiger partial charge is 0.497 e. The average Bonchev–Trinajstić information content (AvgIpc) is 3.26. The number of nitrogens with one attached hydrogen (secondary N) is 1. The lowest BCUT2D eigenvalue weighted by Gasteiger charge is -2.36. The molecule has 0 saturated carbocycles. The predicted molar refractivity (Wildman–Crippen MR) is 169 cm³/mol. The Hall–Kier alpha value is -4.51. The number of ether oxygens (including phenoxy) is 1. The molecule has 0 unspecified atom stereocenters. The van der Waals surface area contributed by atoms with E-state index < -0.39 is 29.4 Å². The first-order valence-corrected chi connectivity index (χ1v) is 15.0. The summed E-state index contributed by atoms with van der Waals surface area (Å²) in [5, 5.41) is 34.1. The van der Waals surface area contributed by atoms with E-state index >= 15 is 0 Å². The highest BCUT2D eigenvalue weighted by Gasteiger charge is 2.52. The van der Waals surface area contributed by atoms with E-state index in [1.165, 1.54) is 18.9 Å². The van der Waals surface area contributed by atoms with Crippen LogP contribution in [0.2, 0.25) is 0 Å². The summed E-state index contributed by atoms with van der Waals surface area (Å²) in [7, 11) is 1.51. The Morgan fingerprint density at radius 2 is 1.80 bits per heavy atom. The monoisotopic (exact) mass is 613 g/mol. The number of fused-ring (bicyclic) bond motifs is 2. The molecule has 0 aliphatic carbocycles. The molecule has 4 atom stereocenters. The molecule has 2 aliphatic heterocycles. The zero-order valence-electron chi connectivity index (χ0n) is 25.6. The van der Waals surface area contributed by atoms with Crippen molar-refractivity contribution in [3.63, 3.8) is 0 Å². The Morgan fingerprint density at radius 1 is 1.09 bits per heavy atom. The maximum Gasteiger partial charge on any atom is 0.264 e. The Morgan fingerprint density at radius 3 is 2.47 bits per heavy atom. The van der Waals surface area contributed by atoms with E-state index in [0.717, 1.165) is 16.7 Å². The molecule has 2 aliphatic rings. The molecule has 3 aromatic carbocycles. The van der Waals surface area contributed by atoms with Gasteiger partial charge in [0.15, 0.2) is 5.60 Å². The fourth-order valence-corrected chi connectivity index (χ4v) is 6.00. The van der Waals surface area contributed by atoms with Crippen molar-refractivity contribution in [2.45, 2.75) is 57.5 Å². The zero-order valence-corrected chi connectivity index (χ0v) is 25.6. The third kappa shape index (κ3) is 6.35. The van der Waals surface area contributed by atoms with Gasteiger partial charge in [-0.25, -0.2) is 0 Å². The van der Waals surface area contributed by atoms with Gasteiger partial charge < -0.3 is 35.2 Å². The summed E-state index contributed by atoms with van der Waals surface area (Å²) in [6.45, 7) is 3.56. The standard InChI is InChI=1S/C35H39N3O7/c1-22(7-6-10-32(41)37-20-26-9-5-4-8-25(26)17-28(37)21-39)35(44)30-18-29(45-3)15-16-31(30)38(34(35)43)19-24-11-13-27(14-12-24)36-33(42)23(2)40/h4-9,11-16,18,22-23,28,39-40,44H,10,17,19-21H2,1-3H3,(H,36,42)/b7-6+/t22-,23-,28-,35+/m0/s1. The second kappa shape index (κ2) is 13.2. The van der Waals surface area contributed by atoms with Crippen LogP contribution in [0.15, 0.2) is 78.9 Å². The van der Waals surface area contributed by atoms with Gasteiger partial charge in [-0.15, -0.1) is 0 Å². The molecule has 10 heteroatoms. The third-order valence-electron chi connectivity index (χ3n) is 8.68. The summed E-state index contributed by atoms with van der Waals surface area (Å²) in [5.74, 6) is -1.37. The van der Waals surface area contributed by atoms with Crippen molar-refractivity contribution in [3.05, 3.63) is 101 Å². The molecule has 5 rings (SSSR count). The van der Waals surface area contributed by atoms with Crippen molar-refractivity contribution in [2.75, 3.05) is 23.9 Å². The number of aliphatic hydroxyl groups excluding tert-OH is 2. The number of carbonyl (C=O) groups excluding carboxylic acids is 3. The quantitative estimate of drug-likeness (QED) is 0.258. The van der Waals surface area contributed by atoms with Gasteiger partial charge in [0, 0.05) is 30.1 Å². The molecular weight excluding hydrogens is 574 g/mol. The van der Waals surface area contributed by atoms with Crippen molar-refractivity contribution in [2.24, 2.45) is 5.92 Å². The Labute approximate surface area is 262 Å². The summed E-state index contributed by atoms with van der Waals surface area (Å²) < 4.78 is 5.41. The summed E-state index contributed by atoms with van der Waals surface area (Å²) >= 11 is 0. The van der Waals surface area contributed by atoms with E-state index in [1.807, 2.05) is 24.3 Å². The highest BCUT2D eigenvalue weighted by Crippen LogP contribution is 2.47. The van der Waals surface area contributed by atoms with Gasteiger partial charge >= 0.3 is 0 Å². The van der Waals surface area contributed by atoms with Crippen LogP contribution in [0.4, 0.5) is 11.4 Å². The molecule has 236 valence electrons. The van der Waals surface area contributed by atoms with Crippen LogP contribution in [0.5, 0.6) is 5.75 Å². The summed E-state index contributed by atoms with van der Waals surface area (Å²) in [4.78, 5) is 42.3. The maximum atomic E-state index is 14.0. The van der Waals surface area contributed by atoms with Crippen LogP contribution in [-0.4, -0.2) is 63.8 Å². The van der Waals surface area contributed by atoms with Gasteiger partial charge in [0.1, 0.15) is 11.9 Å². The SMILES string of the molecule is COc1ccc2c(c1)[C@](O)([C@@H](C)/C=C/CC(=O)N1Cc3ccccc3C[C@H]1CO)C(=O)N2Cc1ccc(NC(=O)[C@H](C)O)cc1. The number of benzene rings is 3. The van der Waals surface area contributed by atoms with E-state index in [0.29, 0.717) is 35.7 Å². The van der Waals surface area contributed by atoms with Gasteiger partial charge in [0.2, 0.25) is 5.91 Å². The normalized spacial score (nSPS) is 20.5. The second-order valence-corrected chi connectivity index (χ2v) is 11.7. The molecule has 0 fully saturated rings. The summed E-state index contributed by atoms with van der Waals surface area (Å²) in [5.41, 5.74) is 2.50. The average molecular weight is 614 g/mol. The molecule has 0 bridgehead atoms. The van der Waals surface area contributed by atoms with Crippen molar-refractivity contribution < 1.29 is 34.4 Å². The lowest BCUT2D eigenvalue weighted by atomic mass is 9.82. The van der Waals surface area contributed by atoms with Crippen LogP contribution in [-0.2, 0) is 39.5 Å². The molecule has 0 radical (unpaired) electrons. The number of amides is 3. The maximum absolute atomic E-state index is 14.0. The van der Waals surface area contributed by atoms with E-state index in [2.05, 4.69) is 5.32 Å². The molecule has 3 aromatic rings.